The Hall–Kier alpha value is -7.33. The van der Waals surface area contributed by atoms with Crippen LogP contribution in [-0.4, -0.2) is 104 Å². The fourth-order valence-electron chi connectivity index (χ4n) is 6.45. The fraction of sp³-hybridized carbons (Fsp3) is 0.474. The third-order valence-electron chi connectivity index (χ3n) is 10.0. The molecule has 1 saturated heterocycles. The molecule has 22 heteroatoms. The Labute approximate surface area is 477 Å². The highest BCUT2D eigenvalue weighted by Gasteiger charge is 2.32. The second-order valence-corrected chi connectivity index (χ2v) is 21.8. The average Bonchev–Trinajstić information content (AvgIpc) is 4.24. The summed E-state index contributed by atoms with van der Waals surface area (Å²) in [6.45, 7) is 37.4. The first-order valence-electron chi connectivity index (χ1n) is 25.7. The molecule has 2 atom stereocenters. The summed E-state index contributed by atoms with van der Waals surface area (Å²) >= 11 is 3.67. The van der Waals surface area contributed by atoms with Crippen LogP contribution < -0.4 is 0 Å². The smallest absolute Gasteiger partial charge is 0.232 e. The molecule has 0 spiro atoms. The van der Waals surface area contributed by atoms with Crippen LogP contribution in [0.2, 0.25) is 0 Å². The number of carbonyl (C=O) groups is 2. The third kappa shape index (κ3) is 34.2. The van der Waals surface area contributed by atoms with E-state index in [2.05, 4.69) is 110 Å². The molecule has 0 aliphatic carbocycles. The van der Waals surface area contributed by atoms with Crippen LogP contribution in [0.1, 0.15) is 134 Å². The summed E-state index contributed by atoms with van der Waals surface area (Å²) in [5.74, 6) is 4.79. The van der Waals surface area contributed by atoms with Crippen molar-refractivity contribution in [3.63, 3.8) is 0 Å². The first kappa shape index (κ1) is 69.7. The number of allylic oxidation sites excluding steroid dienone is 3. The number of hydrogen-bond donors (Lipinski definition) is 3. The average molecular weight is 1130 g/mol. The molecule has 11 heterocycles. The van der Waals surface area contributed by atoms with Crippen molar-refractivity contribution >= 4 is 40.6 Å². The van der Waals surface area contributed by atoms with Gasteiger partial charge in [0.25, 0.3) is 0 Å². The highest BCUT2D eigenvalue weighted by molar-refractivity contribution is 8.03. The lowest BCUT2D eigenvalue weighted by atomic mass is 10.1. The number of aryl methyl sites for hydroxylation is 16. The number of imide groups is 1. The Morgan fingerprint density at radius 2 is 1.43 bits per heavy atom. The lowest BCUT2D eigenvalue weighted by Crippen LogP contribution is -2.24. The summed E-state index contributed by atoms with van der Waals surface area (Å²) < 4.78 is 11.8. The van der Waals surface area contributed by atoms with Crippen molar-refractivity contribution in [1.29, 1.82) is 0 Å². The van der Waals surface area contributed by atoms with Gasteiger partial charge in [-0.15, -0.1) is 23.1 Å². The topological polar surface area (TPSA) is 249 Å². The van der Waals surface area contributed by atoms with Gasteiger partial charge < -0.3 is 23.4 Å². The number of H-pyrrole nitrogens is 3. The SMILES string of the molecule is CC1=CCC(C)S1.CC1=CN=C(C)C1.CC1CC(=O)N(C)C1=O.Cc1c[nH]c(C)c1.Cc1cn(C)cn1.Cc1cnc(C)[nH]1.Cc1cnc(C)o1.Cc1cnn(C)n1.Cc1coc(C)n1.Cc1csc(C)n1.Cc1n[nH]c(C)n1. The van der Waals surface area contributed by atoms with Crippen LogP contribution in [0.15, 0.2) is 91.6 Å². The van der Waals surface area contributed by atoms with E-state index in [0.717, 1.165) is 80.2 Å². The van der Waals surface area contributed by atoms with Gasteiger partial charge in [0.15, 0.2) is 11.8 Å². The van der Waals surface area contributed by atoms with Crippen LogP contribution in [0.25, 0.3) is 0 Å². The quantitative estimate of drug-likeness (QED) is 0.120. The van der Waals surface area contributed by atoms with Gasteiger partial charge in [-0.1, -0.05) is 19.9 Å². The van der Waals surface area contributed by atoms with Gasteiger partial charge in [0.2, 0.25) is 11.8 Å². The molecule has 8 aromatic rings. The molecule has 11 rings (SSSR count). The second-order valence-electron chi connectivity index (χ2n) is 19.0. The van der Waals surface area contributed by atoms with Crippen molar-refractivity contribution in [2.45, 2.75) is 156 Å². The minimum absolute atomic E-state index is 0.0556. The van der Waals surface area contributed by atoms with Crippen molar-refractivity contribution in [3.05, 3.63) is 158 Å². The van der Waals surface area contributed by atoms with Crippen LogP contribution in [0.5, 0.6) is 0 Å². The number of nitrogens with one attached hydrogen (secondary N) is 3. The van der Waals surface area contributed by atoms with Gasteiger partial charge in [-0.2, -0.15) is 20.1 Å². The van der Waals surface area contributed by atoms with E-state index in [9.17, 15) is 9.59 Å². The molecule has 2 unspecified atom stereocenters. The predicted molar refractivity (Wildman–Crippen MR) is 320 cm³/mol. The number of thiazole rings is 1. The summed E-state index contributed by atoms with van der Waals surface area (Å²) in [5.41, 5.74) is 10.4. The standard InChI is InChI=1S/C6H9NO2.2C6H9N.C6H10S.2C5H8N2.2C5H7NO.C5H7NS.2C4H7N3/c1-4-3-5(8)7(2)6(4)9;2*1-5-3-6(2)7-4-5;1-5-3-4-6(2)7-5;1-5-3-7(2)4-6-5;1-4-3-6-5(2)7-4;1-4-3-7-5(2)6-4;1-4-3-6-5(2)7-4;1-4-3-7-5(2)6-4;1-4-3-5-7(2)6-4;1-3-5-4(2)7-6-3/h4H,3H2,1-2H3;4H,3H2,1-2H3;3-4,7H,1-2H3;3,6H,4H2,1-2H3;3-4H,1-2H3;3H,1-2H3,(H,6,7);4*3H,1-2H3;1-2H3,(H,5,6,7). The number of oxazole rings is 2. The molecule has 3 aliphatic rings. The van der Waals surface area contributed by atoms with Crippen molar-refractivity contribution in [2.24, 2.45) is 25.0 Å². The number of imidazole rings is 2. The normalized spacial score (nSPS) is 14.3. The van der Waals surface area contributed by atoms with Crippen LogP contribution in [0, 0.1) is 103 Å². The van der Waals surface area contributed by atoms with Gasteiger partial charge in [-0.05, 0) is 132 Å². The number of nitrogens with zero attached hydrogens (tertiary/aromatic N) is 13. The van der Waals surface area contributed by atoms with Crippen molar-refractivity contribution in [2.75, 3.05) is 7.05 Å². The maximum absolute atomic E-state index is 10.8. The summed E-state index contributed by atoms with van der Waals surface area (Å²) in [5, 5.41) is 18.3. The van der Waals surface area contributed by atoms with Crippen molar-refractivity contribution in [1.82, 2.24) is 74.5 Å². The zero-order valence-corrected chi connectivity index (χ0v) is 52.5. The molecule has 79 heavy (non-hydrogen) atoms. The number of likely N-dealkylation sites (tertiary alicyclic amines) is 1. The monoisotopic (exact) mass is 1120 g/mol. The van der Waals surface area contributed by atoms with E-state index in [-0.39, 0.29) is 17.7 Å². The molecule has 1 fully saturated rings. The molecule has 432 valence electrons. The molecule has 3 aliphatic heterocycles. The number of carbonyl (C=O) groups excluding carboxylic acids is 2. The van der Waals surface area contributed by atoms with Crippen LogP contribution in [0.3, 0.4) is 0 Å². The van der Waals surface area contributed by atoms with Crippen molar-refractivity contribution < 1.29 is 18.4 Å². The second kappa shape index (κ2) is 37.5. The molecular weight excluding hydrogens is 1040 g/mol. The van der Waals surface area contributed by atoms with Crippen LogP contribution in [-0.2, 0) is 23.7 Å². The Morgan fingerprint density at radius 3 is 1.57 bits per heavy atom. The van der Waals surface area contributed by atoms with Gasteiger partial charge in [0, 0.05) is 112 Å². The van der Waals surface area contributed by atoms with E-state index in [1.807, 2.05) is 145 Å². The molecule has 0 saturated carbocycles. The predicted octanol–water partition coefficient (Wildman–Crippen LogP) is 12.5. The van der Waals surface area contributed by atoms with E-state index in [4.69, 9.17) is 8.83 Å². The summed E-state index contributed by atoms with van der Waals surface area (Å²) in [6.07, 6.45) is 19.6. The number of aromatic amines is 3. The van der Waals surface area contributed by atoms with Gasteiger partial charge in [0.1, 0.15) is 29.5 Å². The van der Waals surface area contributed by atoms with E-state index < -0.39 is 0 Å². The highest BCUT2D eigenvalue weighted by Crippen LogP contribution is 2.30. The van der Waals surface area contributed by atoms with E-state index in [1.165, 1.54) is 50.6 Å². The Morgan fingerprint density at radius 1 is 0.734 bits per heavy atom. The third-order valence-corrected chi connectivity index (χ3v) is 12.1. The minimum atomic E-state index is -0.0949. The minimum Gasteiger partial charge on any atom is -0.449 e. The molecule has 0 radical (unpaired) electrons. The molecule has 0 aromatic carbocycles. The molecule has 2 amide bonds. The van der Waals surface area contributed by atoms with E-state index in [1.54, 1.807) is 50.3 Å². The molecule has 3 N–H and O–H groups in total. The van der Waals surface area contributed by atoms with Crippen molar-refractivity contribution in [3.8, 4) is 0 Å². The first-order valence-corrected chi connectivity index (χ1v) is 27.5. The lowest BCUT2D eigenvalue weighted by molar-refractivity contribution is -0.137. The largest absolute Gasteiger partial charge is 0.449 e. The molecular formula is C57H88N16O4S2. The van der Waals surface area contributed by atoms with Gasteiger partial charge in [0.05, 0.1) is 40.8 Å². The zero-order chi connectivity index (χ0) is 59.8. The zero-order valence-electron chi connectivity index (χ0n) is 50.9. The van der Waals surface area contributed by atoms with E-state index in [0.29, 0.717) is 6.42 Å². The Bertz CT molecular complexity index is 2440. The lowest BCUT2D eigenvalue weighted by Gasteiger charge is -2.03. The van der Waals surface area contributed by atoms with Crippen LogP contribution >= 0.6 is 23.1 Å². The maximum Gasteiger partial charge on any atom is 0.232 e. The van der Waals surface area contributed by atoms with Gasteiger partial charge in [-0.3, -0.25) is 24.6 Å². The molecule has 0 bridgehead atoms. The highest BCUT2D eigenvalue weighted by atomic mass is 32.2. The summed E-state index contributed by atoms with van der Waals surface area (Å²) in [4.78, 5) is 59.7. The van der Waals surface area contributed by atoms with Gasteiger partial charge >= 0.3 is 0 Å². The van der Waals surface area contributed by atoms with E-state index >= 15 is 0 Å². The molecule has 20 nitrogen and oxygen atoms in total. The fourth-order valence-corrected chi connectivity index (χ4v) is 8.06. The Kier molecular flexibility index (Phi) is 33.1. The number of amides is 2. The maximum atomic E-state index is 10.8. The summed E-state index contributed by atoms with van der Waals surface area (Å²) in [6, 6.07) is 2.11. The summed E-state index contributed by atoms with van der Waals surface area (Å²) in [7, 11) is 5.28. The Balaban J connectivity index is 0.000000435. The number of hydrogen-bond acceptors (Lipinski definition) is 16. The molecule has 8 aromatic heterocycles. The van der Waals surface area contributed by atoms with Gasteiger partial charge in [-0.25, -0.2) is 29.9 Å². The number of aromatic nitrogens is 14. The number of rotatable bonds is 0. The number of aliphatic imine (C=N–C) groups is 1. The number of thioether (sulfide) groups is 1. The first-order chi connectivity index (χ1) is 37.0. The van der Waals surface area contributed by atoms with Crippen LogP contribution in [0.4, 0.5) is 0 Å².